The molecule has 0 radical (unpaired) electrons. The van der Waals surface area contributed by atoms with Crippen molar-refractivity contribution in [2.24, 2.45) is 0 Å². The maximum atomic E-state index is 11.0. The molecule has 0 bridgehead atoms. The zero-order chi connectivity index (χ0) is 11.4. The van der Waals surface area contributed by atoms with Crippen LogP contribution in [0.2, 0.25) is 0 Å². The van der Waals surface area contributed by atoms with Gasteiger partial charge in [-0.3, -0.25) is 4.79 Å². The number of thioether (sulfide) groups is 1. The van der Waals surface area contributed by atoms with Crippen molar-refractivity contribution in [1.29, 1.82) is 5.26 Å². The van der Waals surface area contributed by atoms with Gasteiger partial charge in [0.25, 0.3) is 0 Å². The molecule has 0 spiro atoms. The summed E-state index contributed by atoms with van der Waals surface area (Å²) in [6, 6.07) is 1.84. The number of carbonyl (C=O) groups is 1. The van der Waals surface area contributed by atoms with E-state index in [1.54, 1.807) is 11.8 Å². The Morgan fingerprint density at radius 3 is 2.93 bits per heavy atom. The molecule has 0 fully saturated rings. The zero-order valence-electron chi connectivity index (χ0n) is 8.66. The van der Waals surface area contributed by atoms with Gasteiger partial charge in [-0.1, -0.05) is 0 Å². The highest BCUT2D eigenvalue weighted by Gasteiger charge is 1.97. The molecule has 1 amide bonds. The first-order valence-electron chi connectivity index (χ1n) is 4.84. The Morgan fingerprint density at radius 2 is 2.27 bits per heavy atom. The second-order valence-corrected chi connectivity index (χ2v) is 4.03. The van der Waals surface area contributed by atoms with E-state index in [-0.39, 0.29) is 25.6 Å². The number of aliphatic hydroxyl groups excluding tert-OH is 1. The van der Waals surface area contributed by atoms with Crippen LogP contribution in [0.15, 0.2) is 0 Å². The van der Waals surface area contributed by atoms with E-state index in [2.05, 4.69) is 10.6 Å². The van der Waals surface area contributed by atoms with Crippen molar-refractivity contribution in [3.63, 3.8) is 0 Å². The summed E-state index contributed by atoms with van der Waals surface area (Å²) in [6.45, 7) is 1.31. The molecule has 3 N–H and O–H groups in total. The Labute approximate surface area is 94.2 Å². The Hall–Kier alpha value is -0.770. The Bertz CT molecular complexity index is 206. The smallest absolute Gasteiger partial charge is 0.234 e. The molecule has 6 heteroatoms. The van der Waals surface area contributed by atoms with Crippen LogP contribution in [0, 0.1) is 11.3 Å². The van der Waals surface area contributed by atoms with Crippen LogP contribution >= 0.6 is 11.8 Å². The number of hydrogen-bond donors (Lipinski definition) is 3. The maximum absolute atomic E-state index is 11.0. The van der Waals surface area contributed by atoms with E-state index in [1.807, 2.05) is 6.07 Å². The molecule has 0 saturated heterocycles. The number of rotatable bonds is 9. The molecule has 0 aliphatic rings. The lowest BCUT2D eigenvalue weighted by Gasteiger charge is -2.03. The third-order valence-corrected chi connectivity index (χ3v) is 2.59. The summed E-state index contributed by atoms with van der Waals surface area (Å²) in [4.78, 5) is 11.0. The molecule has 0 atom stereocenters. The molecule has 0 saturated carbocycles. The van der Waals surface area contributed by atoms with Crippen LogP contribution in [0.4, 0.5) is 0 Å². The second kappa shape index (κ2) is 11.3. The summed E-state index contributed by atoms with van der Waals surface area (Å²) in [5, 5.41) is 22.1. The molecule has 0 aliphatic heterocycles. The number of nitriles is 1. The van der Waals surface area contributed by atoms with Crippen molar-refractivity contribution < 1.29 is 9.90 Å². The molecule has 5 nitrogen and oxygen atoms in total. The predicted octanol–water partition coefficient (Wildman–Crippen LogP) is -0.669. The van der Waals surface area contributed by atoms with Gasteiger partial charge in [0.15, 0.2) is 0 Å². The van der Waals surface area contributed by atoms with Gasteiger partial charge < -0.3 is 15.7 Å². The largest absolute Gasteiger partial charge is 0.396 e. The van der Waals surface area contributed by atoms with Gasteiger partial charge in [-0.2, -0.15) is 17.0 Å². The number of amides is 1. The fraction of sp³-hybridized carbons (Fsp3) is 0.778. The number of nitrogens with zero attached hydrogens (tertiary/aromatic N) is 1. The lowest BCUT2D eigenvalue weighted by Crippen LogP contribution is -2.34. The molecular weight excluding hydrogens is 214 g/mol. The van der Waals surface area contributed by atoms with Gasteiger partial charge >= 0.3 is 0 Å². The van der Waals surface area contributed by atoms with Crippen molar-refractivity contribution in [2.45, 2.75) is 6.42 Å². The standard InChI is InChI=1S/C9H17N3O2S/c10-2-3-12-9(14)8-11-4-7-15-6-1-5-13/h11,13H,1,3-8H2,(H,12,14). The minimum absolute atomic E-state index is 0.0613. The first-order valence-corrected chi connectivity index (χ1v) is 5.99. The van der Waals surface area contributed by atoms with E-state index in [0.717, 1.165) is 24.5 Å². The lowest BCUT2D eigenvalue weighted by atomic mass is 10.5. The fourth-order valence-corrected chi connectivity index (χ4v) is 1.64. The maximum Gasteiger partial charge on any atom is 0.234 e. The summed E-state index contributed by atoms with van der Waals surface area (Å²) in [7, 11) is 0. The normalized spacial score (nSPS) is 9.60. The van der Waals surface area contributed by atoms with E-state index in [4.69, 9.17) is 10.4 Å². The third-order valence-electron chi connectivity index (χ3n) is 1.52. The van der Waals surface area contributed by atoms with Crippen LogP contribution in [0.25, 0.3) is 0 Å². The average Bonchev–Trinajstić information content (AvgIpc) is 2.25. The third kappa shape index (κ3) is 11.2. The van der Waals surface area contributed by atoms with Crippen LogP contribution < -0.4 is 10.6 Å². The Balaban J connectivity index is 3.10. The predicted molar refractivity (Wildman–Crippen MR) is 60.5 cm³/mol. The zero-order valence-corrected chi connectivity index (χ0v) is 9.48. The van der Waals surface area contributed by atoms with Gasteiger partial charge in [-0.25, -0.2) is 0 Å². The van der Waals surface area contributed by atoms with Gasteiger partial charge in [0.1, 0.15) is 6.54 Å². The van der Waals surface area contributed by atoms with Gasteiger partial charge in [0.05, 0.1) is 12.6 Å². The highest BCUT2D eigenvalue weighted by molar-refractivity contribution is 7.99. The van der Waals surface area contributed by atoms with Gasteiger partial charge in [0.2, 0.25) is 5.91 Å². The Morgan fingerprint density at radius 1 is 1.47 bits per heavy atom. The van der Waals surface area contributed by atoms with Crippen LogP contribution in [0.1, 0.15) is 6.42 Å². The summed E-state index contributed by atoms with van der Waals surface area (Å²) in [5.74, 6) is 1.71. The van der Waals surface area contributed by atoms with Crippen molar-refractivity contribution >= 4 is 17.7 Å². The molecule has 0 aliphatic carbocycles. The molecule has 0 unspecified atom stereocenters. The molecule has 0 aromatic rings. The van der Waals surface area contributed by atoms with Crippen LogP contribution in [0.5, 0.6) is 0 Å². The van der Waals surface area contributed by atoms with E-state index in [0.29, 0.717) is 0 Å². The number of hydrogen-bond acceptors (Lipinski definition) is 5. The van der Waals surface area contributed by atoms with Gasteiger partial charge in [0, 0.05) is 18.9 Å². The lowest BCUT2D eigenvalue weighted by molar-refractivity contribution is -0.119. The number of nitrogens with one attached hydrogen (secondary N) is 2. The molecule has 0 aromatic heterocycles. The van der Waals surface area contributed by atoms with E-state index in [1.165, 1.54) is 0 Å². The molecule has 0 aromatic carbocycles. The van der Waals surface area contributed by atoms with Crippen molar-refractivity contribution in [1.82, 2.24) is 10.6 Å². The monoisotopic (exact) mass is 231 g/mol. The van der Waals surface area contributed by atoms with E-state index < -0.39 is 0 Å². The van der Waals surface area contributed by atoms with Gasteiger partial charge in [-0.05, 0) is 12.2 Å². The topological polar surface area (TPSA) is 85.2 Å². The summed E-state index contributed by atoms with van der Waals surface area (Å²) in [5.41, 5.74) is 0. The SMILES string of the molecule is N#CCNC(=O)CNCCSCCCO. The van der Waals surface area contributed by atoms with E-state index >= 15 is 0 Å². The Kier molecular flexibility index (Phi) is 10.7. The quantitative estimate of drug-likeness (QED) is 0.362. The molecular formula is C9H17N3O2S. The number of carbonyl (C=O) groups excluding carboxylic acids is 1. The van der Waals surface area contributed by atoms with Crippen molar-refractivity contribution in [2.75, 3.05) is 37.7 Å². The minimum atomic E-state index is -0.156. The van der Waals surface area contributed by atoms with E-state index in [9.17, 15) is 4.79 Å². The minimum Gasteiger partial charge on any atom is -0.396 e. The second-order valence-electron chi connectivity index (χ2n) is 2.80. The first-order chi connectivity index (χ1) is 7.31. The molecule has 0 rings (SSSR count). The molecule has 15 heavy (non-hydrogen) atoms. The number of aliphatic hydroxyl groups is 1. The molecule has 0 heterocycles. The fourth-order valence-electron chi connectivity index (χ4n) is 0.816. The molecule has 86 valence electrons. The highest BCUT2D eigenvalue weighted by atomic mass is 32.2. The van der Waals surface area contributed by atoms with Crippen molar-refractivity contribution in [3.8, 4) is 6.07 Å². The summed E-state index contributed by atoms with van der Waals surface area (Å²) < 4.78 is 0. The van der Waals surface area contributed by atoms with Crippen LogP contribution in [0.3, 0.4) is 0 Å². The van der Waals surface area contributed by atoms with Crippen LogP contribution in [-0.4, -0.2) is 48.8 Å². The van der Waals surface area contributed by atoms with Crippen molar-refractivity contribution in [3.05, 3.63) is 0 Å². The summed E-state index contributed by atoms with van der Waals surface area (Å²) >= 11 is 1.74. The average molecular weight is 231 g/mol. The summed E-state index contributed by atoms with van der Waals surface area (Å²) in [6.07, 6.45) is 0.813. The van der Waals surface area contributed by atoms with Gasteiger partial charge in [-0.15, -0.1) is 0 Å². The first kappa shape index (κ1) is 14.2. The van der Waals surface area contributed by atoms with Crippen LogP contribution in [-0.2, 0) is 4.79 Å². The highest BCUT2D eigenvalue weighted by Crippen LogP contribution is 1.99.